The van der Waals surface area contributed by atoms with Crippen LogP contribution in [0.2, 0.25) is 0 Å². The second kappa shape index (κ2) is 13.6. The predicted molar refractivity (Wildman–Crippen MR) is 136 cm³/mol. The van der Waals surface area contributed by atoms with E-state index in [0.717, 1.165) is 25.7 Å². The number of aliphatic carboxylic acids is 1. The molecule has 1 saturated carbocycles. The number of carbonyl (C=O) groups excluding carboxylic acids is 1. The zero-order valence-electron chi connectivity index (χ0n) is 22.5. The number of hydrogen-bond acceptors (Lipinski definition) is 7. The van der Waals surface area contributed by atoms with Crippen molar-refractivity contribution in [3.8, 4) is 17.2 Å². The van der Waals surface area contributed by atoms with Gasteiger partial charge in [-0.3, -0.25) is 4.79 Å². The third kappa shape index (κ3) is 8.76. The summed E-state index contributed by atoms with van der Waals surface area (Å²) in [5.74, 6) is -0.352. The Labute approximate surface area is 214 Å². The van der Waals surface area contributed by atoms with Crippen LogP contribution in [0.3, 0.4) is 0 Å². The molecule has 0 unspecified atom stereocenters. The minimum atomic E-state index is -1.06. The molecule has 1 amide bonds. The van der Waals surface area contributed by atoms with E-state index in [0.29, 0.717) is 35.2 Å². The largest absolute Gasteiger partial charge is 0.493 e. The fourth-order valence-corrected chi connectivity index (χ4v) is 4.87. The van der Waals surface area contributed by atoms with E-state index in [1.54, 1.807) is 32.9 Å². The van der Waals surface area contributed by atoms with Gasteiger partial charge in [0, 0.05) is 0 Å². The van der Waals surface area contributed by atoms with E-state index in [2.05, 4.69) is 5.32 Å². The highest BCUT2D eigenvalue weighted by molar-refractivity contribution is 5.71. The van der Waals surface area contributed by atoms with Crippen molar-refractivity contribution in [2.45, 2.75) is 89.9 Å². The number of aliphatic hydroxyl groups is 1. The van der Waals surface area contributed by atoms with Gasteiger partial charge in [0.1, 0.15) is 5.60 Å². The minimum absolute atomic E-state index is 0.0416. The number of hydrogen-bond donors (Lipinski definition) is 3. The van der Waals surface area contributed by atoms with Gasteiger partial charge in [0.25, 0.3) is 0 Å². The molecule has 9 nitrogen and oxygen atoms in total. The quantitative estimate of drug-likeness (QED) is 0.374. The average molecular weight is 510 g/mol. The Morgan fingerprint density at radius 1 is 1.03 bits per heavy atom. The second-order valence-electron chi connectivity index (χ2n) is 10.5. The number of benzene rings is 1. The van der Waals surface area contributed by atoms with Gasteiger partial charge in [-0.25, -0.2) is 4.79 Å². The number of amides is 1. The van der Waals surface area contributed by atoms with Crippen LogP contribution in [0.15, 0.2) is 12.1 Å². The molecule has 3 N–H and O–H groups in total. The van der Waals surface area contributed by atoms with Crippen molar-refractivity contribution in [2.24, 2.45) is 11.8 Å². The second-order valence-corrected chi connectivity index (χ2v) is 10.5. The Morgan fingerprint density at radius 2 is 1.67 bits per heavy atom. The standard InChI is InChI=1S/C27H43NO8/c1-27(2,3)36-26(32)28-20(14-17-10-8-7-9-11-17)21(29)16-19(25(30)31)15-18-12-13-22(33-4)24(35-6)23(18)34-5/h12-13,17,19-21,29H,7-11,14-16H2,1-6H3,(H,28,32)(H,30,31)/t19-,20+,21+/m1/s1. The van der Waals surface area contributed by atoms with Crippen LogP contribution in [0, 0.1) is 11.8 Å². The van der Waals surface area contributed by atoms with Crippen LogP contribution in [0.5, 0.6) is 17.2 Å². The maximum absolute atomic E-state index is 12.5. The van der Waals surface area contributed by atoms with E-state index in [-0.39, 0.29) is 12.8 Å². The summed E-state index contributed by atoms with van der Waals surface area (Å²) in [5, 5.41) is 24.0. The predicted octanol–water partition coefficient (Wildman–Crippen LogP) is 4.57. The van der Waals surface area contributed by atoms with Crippen molar-refractivity contribution in [2.75, 3.05) is 21.3 Å². The first kappa shape index (κ1) is 29.5. The van der Waals surface area contributed by atoms with Crippen molar-refractivity contribution in [3.63, 3.8) is 0 Å². The molecule has 1 aromatic carbocycles. The van der Waals surface area contributed by atoms with Crippen LogP contribution in [0.4, 0.5) is 4.79 Å². The number of carbonyl (C=O) groups is 2. The highest BCUT2D eigenvalue weighted by atomic mass is 16.6. The molecule has 204 valence electrons. The van der Waals surface area contributed by atoms with E-state index >= 15 is 0 Å². The van der Waals surface area contributed by atoms with E-state index < -0.39 is 35.7 Å². The Kier molecular flexibility index (Phi) is 11.1. The van der Waals surface area contributed by atoms with Crippen LogP contribution < -0.4 is 19.5 Å². The third-order valence-electron chi connectivity index (χ3n) is 6.61. The number of nitrogens with one attached hydrogen (secondary N) is 1. The monoisotopic (exact) mass is 509 g/mol. The highest BCUT2D eigenvalue weighted by Crippen LogP contribution is 2.41. The highest BCUT2D eigenvalue weighted by Gasteiger charge is 2.32. The lowest BCUT2D eigenvalue weighted by molar-refractivity contribution is -0.143. The minimum Gasteiger partial charge on any atom is -0.493 e. The maximum Gasteiger partial charge on any atom is 0.407 e. The zero-order valence-corrected chi connectivity index (χ0v) is 22.5. The van der Waals surface area contributed by atoms with Gasteiger partial charge >= 0.3 is 12.1 Å². The molecule has 1 aliphatic carbocycles. The van der Waals surface area contributed by atoms with Crippen molar-refractivity contribution >= 4 is 12.1 Å². The molecular weight excluding hydrogens is 466 g/mol. The smallest absolute Gasteiger partial charge is 0.407 e. The van der Waals surface area contributed by atoms with Gasteiger partial charge in [-0.05, 0) is 57.6 Å². The molecule has 0 aromatic heterocycles. The molecular formula is C27H43NO8. The maximum atomic E-state index is 12.5. The summed E-state index contributed by atoms with van der Waals surface area (Å²) in [7, 11) is 4.48. The van der Waals surface area contributed by atoms with Crippen LogP contribution in [-0.4, -0.2) is 61.4 Å². The summed E-state index contributed by atoms with van der Waals surface area (Å²) in [5.41, 5.74) is -0.0588. The van der Waals surface area contributed by atoms with Crippen molar-refractivity contribution in [1.82, 2.24) is 5.32 Å². The number of rotatable bonds is 12. The van der Waals surface area contributed by atoms with Crippen molar-refractivity contribution in [3.05, 3.63) is 17.7 Å². The molecule has 0 saturated heterocycles. The number of aliphatic hydroxyl groups excluding tert-OH is 1. The first-order valence-corrected chi connectivity index (χ1v) is 12.7. The van der Waals surface area contributed by atoms with Gasteiger partial charge < -0.3 is 34.5 Å². The van der Waals surface area contributed by atoms with Crippen LogP contribution in [0.25, 0.3) is 0 Å². The number of ether oxygens (including phenoxy) is 4. The number of alkyl carbamates (subject to hydrolysis) is 1. The topological polar surface area (TPSA) is 124 Å². The van der Waals surface area contributed by atoms with Gasteiger partial charge in [0.2, 0.25) is 5.75 Å². The lowest BCUT2D eigenvalue weighted by atomic mass is 9.82. The van der Waals surface area contributed by atoms with Gasteiger partial charge in [-0.15, -0.1) is 0 Å². The lowest BCUT2D eigenvalue weighted by Crippen LogP contribution is -2.47. The summed E-state index contributed by atoms with van der Waals surface area (Å²) in [4.78, 5) is 24.8. The molecule has 0 aliphatic heterocycles. The SMILES string of the molecule is COc1ccc(C[C@H](C[C@H](O)[C@H](CC2CCCCC2)NC(=O)OC(C)(C)C)C(=O)O)c(OC)c1OC. The van der Waals surface area contributed by atoms with E-state index in [1.165, 1.54) is 27.8 Å². The molecule has 2 rings (SSSR count). The molecule has 1 fully saturated rings. The van der Waals surface area contributed by atoms with E-state index in [9.17, 15) is 19.8 Å². The first-order valence-electron chi connectivity index (χ1n) is 12.7. The lowest BCUT2D eigenvalue weighted by Gasteiger charge is -2.32. The molecule has 9 heteroatoms. The third-order valence-corrected chi connectivity index (χ3v) is 6.61. The van der Waals surface area contributed by atoms with E-state index in [1.807, 2.05) is 0 Å². The molecule has 0 bridgehead atoms. The molecule has 1 aliphatic rings. The Morgan fingerprint density at radius 3 is 2.19 bits per heavy atom. The van der Waals surface area contributed by atoms with Gasteiger partial charge in [0.15, 0.2) is 11.5 Å². The van der Waals surface area contributed by atoms with E-state index in [4.69, 9.17) is 18.9 Å². The van der Waals surface area contributed by atoms with Gasteiger partial charge in [0.05, 0.1) is 39.4 Å². The summed E-state index contributed by atoms with van der Waals surface area (Å²) in [6.45, 7) is 5.32. The fourth-order valence-electron chi connectivity index (χ4n) is 4.87. The molecule has 3 atom stereocenters. The number of carboxylic acid groups (broad SMARTS) is 1. The molecule has 36 heavy (non-hydrogen) atoms. The number of methoxy groups -OCH3 is 3. The van der Waals surface area contributed by atoms with Crippen molar-refractivity contribution < 1.29 is 38.7 Å². The van der Waals surface area contributed by atoms with Gasteiger partial charge in [-0.1, -0.05) is 38.2 Å². The summed E-state index contributed by atoms with van der Waals surface area (Å²) < 4.78 is 21.7. The summed E-state index contributed by atoms with van der Waals surface area (Å²) in [6, 6.07) is 2.82. The summed E-state index contributed by atoms with van der Waals surface area (Å²) >= 11 is 0. The average Bonchev–Trinajstić information content (AvgIpc) is 2.81. The first-order chi connectivity index (χ1) is 17.0. The fraction of sp³-hybridized carbons (Fsp3) is 0.704. The molecule has 0 heterocycles. The number of carboxylic acids is 1. The van der Waals surface area contributed by atoms with Crippen LogP contribution in [-0.2, 0) is 16.0 Å². The van der Waals surface area contributed by atoms with Crippen LogP contribution in [0.1, 0.15) is 71.3 Å². The van der Waals surface area contributed by atoms with Crippen molar-refractivity contribution in [1.29, 1.82) is 0 Å². The van der Waals surface area contributed by atoms with Gasteiger partial charge in [-0.2, -0.15) is 0 Å². The van der Waals surface area contributed by atoms with Crippen LogP contribution >= 0.6 is 0 Å². The Balaban J connectivity index is 2.22. The normalized spacial score (nSPS) is 17.0. The summed E-state index contributed by atoms with van der Waals surface area (Å²) in [6.07, 6.45) is 4.47. The molecule has 0 spiro atoms. The molecule has 1 aromatic rings. The Bertz CT molecular complexity index is 860. The Hall–Kier alpha value is -2.68. The zero-order chi connectivity index (χ0) is 26.9. The molecule has 0 radical (unpaired) electrons.